The SMILES string of the molecule is O=[N+]([O-])c1ccc(NC(=S)Nc2c(F)c(F)cc(F)c2F)cc1. The number of hydrogen-bond donors (Lipinski definition) is 2. The Labute approximate surface area is 132 Å². The van der Waals surface area contributed by atoms with Crippen molar-refractivity contribution in [3.8, 4) is 0 Å². The maximum atomic E-state index is 13.5. The Kier molecular flexibility index (Phi) is 4.74. The van der Waals surface area contributed by atoms with Crippen LogP contribution in [0.15, 0.2) is 30.3 Å². The van der Waals surface area contributed by atoms with Gasteiger partial charge in [-0.3, -0.25) is 10.1 Å². The summed E-state index contributed by atoms with van der Waals surface area (Å²) in [5.74, 6) is -6.41. The molecule has 0 aliphatic rings. The lowest BCUT2D eigenvalue weighted by Gasteiger charge is -2.12. The number of halogens is 4. The van der Waals surface area contributed by atoms with Gasteiger partial charge < -0.3 is 10.6 Å². The maximum absolute atomic E-state index is 13.5. The molecule has 0 bridgehead atoms. The fourth-order valence-electron chi connectivity index (χ4n) is 1.63. The van der Waals surface area contributed by atoms with E-state index in [1.165, 1.54) is 24.3 Å². The van der Waals surface area contributed by atoms with E-state index in [0.29, 0.717) is 0 Å². The van der Waals surface area contributed by atoms with Gasteiger partial charge in [0, 0.05) is 23.9 Å². The summed E-state index contributed by atoms with van der Waals surface area (Å²) in [5.41, 5.74) is -0.980. The summed E-state index contributed by atoms with van der Waals surface area (Å²) in [5, 5.41) is 14.6. The van der Waals surface area contributed by atoms with Crippen LogP contribution in [-0.2, 0) is 0 Å². The highest BCUT2D eigenvalue weighted by Crippen LogP contribution is 2.24. The van der Waals surface area contributed by atoms with Crippen LogP contribution >= 0.6 is 12.2 Å². The molecular formula is C13H7F4N3O2S. The van der Waals surface area contributed by atoms with Crippen molar-refractivity contribution < 1.29 is 22.5 Å². The van der Waals surface area contributed by atoms with Crippen molar-refractivity contribution in [2.45, 2.75) is 0 Å². The maximum Gasteiger partial charge on any atom is 0.269 e. The molecule has 0 amide bonds. The number of nitro benzene ring substituents is 1. The van der Waals surface area contributed by atoms with Crippen molar-refractivity contribution in [2.24, 2.45) is 0 Å². The zero-order valence-corrected chi connectivity index (χ0v) is 11.9. The molecule has 0 atom stereocenters. The van der Waals surface area contributed by atoms with Gasteiger partial charge in [-0.25, -0.2) is 17.6 Å². The molecule has 0 spiro atoms. The van der Waals surface area contributed by atoms with Crippen molar-refractivity contribution in [3.05, 3.63) is 63.7 Å². The fraction of sp³-hybridized carbons (Fsp3) is 0. The minimum Gasteiger partial charge on any atom is -0.332 e. The van der Waals surface area contributed by atoms with E-state index in [-0.39, 0.29) is 22.6 Å². The average Bonchev–Trinajstić information content (AvgIpc) is 2.50. The molecule has 0 aliphatic carbocycles. The molecule has 0 aliphatic heterocycles. The summed E-state index contributed by atoms with van der Waals surface area (Å²) in [6.45, 7) is 0. The second-order valence-corrected chi connectivity index (χ2v) is 4.63. The predicted octanol–water partition coefficient (Wildman–Crippen LogP) is 3.96. The third-order valence-electron chi connectivity index (χ3n) is 2.69. The summed E-state index contributed by atoms with van der Waals surface area (Å²) in [6.07, 6.45) is 0. The largest absolute Gasteiger partial charge is 0.332 e. The Morgan fingerprint density at radius 1 is 1.00 bits per heavy atom. The molecule has 2 aromatic carbocycles. The number of hydrogen-bond acceptors (Lipinski definition) is 3. The Hall–Kier alpha value is -2.75. The van der Waals surface area contributed by atoms with Crippen LogP contribution in [0, 0.1) is 33.4 Å². The standard InChI is InChI=1S/C13H7F4N3O2S/c14-8-5-9(15)11(17)12(10(8)16)19-13(23)18-6-1-3-7(4-2-6)20(21)22/h1-5H,(H2,18,19,23). The number of anilines is 2. The van der Waals surface area contributed by atoms with Gasteiger partial charge in [0.1, 0.15) is 5.69 Å². The van der Waals surface area contributed by atoms with Crippen molar-refractivity contribution in [1.82, 2.24) is 0 Å². The van der Waals surface area contributed by atoms with Crippen molar-refractivity contribution in [3.63, 3.8) is 0 Å². The van der Waals surface area contributed by atoms with Gasteiger partial charge in [-0.15, -0.1) is 0 Å². The van der Waals surface area contributed by atoms with Crippen LogP contribution in [0.4, 0.5) is 34.6 Å². The van der Waals surface area contributed by atoms with Gasteiger partial charge in [-0.1, -0.05) is 0 Å². The highest BCUT2D eigenvalue weighted by molar-refractivity contribution is 7.80. The topological polar surface area (TPSA) is 67.2 Å². The number of rotatable bonds is 3. The molecule has 0 unspecified atom stereocenters. The number of nitro groups is 1. The lowest BCUT2D eigenvalue weighted by molar-refractivity contribution is -0.384. The minimum absolute atomic E-state index is 0.0721. The van der Waals surface area contributed by atoms with E-state index in [4.69, 9.17) is 12.2 Å². The molecule has 5 nitrogen and oxygen atoms in total. The Morgan fingerprint density at radius 3 is 2.00 bits per heavy atom. The normalized spacial score (nSPS) is 10.3. The molecule has 120 valence electrons. The van der Waals surface area contributed by atoms with Crippen molar-refractivity contribution >= 4 is 34.4 Å². The molecule has 0 aromatic heterocycles. The van der Waals surface area contributed by atoms with Gasteiger partial charge >= 0.3 is 0 Å². The second kappa shape index (κ2) is 6.57. The first kappa shape index (κ1) is 16.6. The van der Waals surface area contributed by atoms with Gasteiger partial charge in [0.25, 0.3) is 5.69 Å². The summed E-state index contributed by atoms with van der Waals surface area (Å²) >= 11 is 4.77. The number of nitrogens with one attached hydrogen (secondary N) is 2. The average molecular weight is 345 g/mol. The van der Waals surface area contributed by atoms with Gasteiger partial charge in [0.15, 0.2) is 28.4 Å². The highest BCUT2D eigenvalue weighted by Gasteiger charge is 2.20. The van der Waals surface area contributed by atoms with Gasteiger partial charge in [-0.05, 0) is 24.4 Å². The number of nitrogens with zero attached hydrogens (tertiary/aromatic N) is 1. The molecule has 0 radical (unpaired) electrons. The van der Waals surface area contributed by atoms with E-state index in [0.717, 1.165) is 0 Å². The van der Waals surface area contributed by atoms with Crippen molar-refractivity contribution in [1.29, 1.82) is 0 Å². The predicted molar refractivity (Wildman–Crippen MR) is 79.2 cm³/mol. The monoisotopic (exact) mass is 345 g/mol. The van der Waals surface area contributed by atoms with E-state index >= 15 is 0 Å². The Morgan fingerprint density at radius 2 is 1.52 bits per heavy atom. The smallest absolute Gasteiger partial charge is 0.269 e. The third-order valence-corrected chi connectivity index (χ3v) is 2.89. The van der Waals surface area contributed by atoms with Crippen LogP contribution in [0.2, 0.25) is 0 Å². The van der Waals surface area contributed by atoms with Crippen LogP contribution in [0.1, 0.15) is 0 Å². The molecule has 2 N–H and O–H groups in total. The summed E-state index contributed by atoms with van der Waals surface area (Å²) < 4.78 is 53.1. The third kappa shape index (κ3) is 3.72. The summed E-state index contributed by atoms with van der Waals surface area (Å²) in [7, 11) is 0. The van der Waals surface area contributed by atoms with E-state index < -0.39 is 33.9 Å². The van der Waals surface area contributed by atoms with E-state index in [1.807, 2.05) is 5.32 Å². The van der Waals surface area contributed by atoms with Gasteiger partial charge in [-0.2, -0.15) is 0 Å². The Bertz CT molecular complexity index is 758. The molecule has 0 fully saturated rings. The quantitative estimate of drug-likeness (QED) is 0.290. The number of benzene rings is 2. The summed E-state index contributed by atoms with van der Waals surface area (Å²) in [4.78, 5) is 9.90. The van der Waals surface area contributed by atoms with Crippen LogP contribution in [0.3, 0.4) is 0 Å². The molecule has 2 rings (SSSR count). The molecule has 0 heterocycles. The van der Waals surface area contributed by atoms with Gasteiger partial charge in [0.05, 0.1) is 4.92 Å². The van der Waals surface area contributed by atoms with E-state index in [1.54, 1.807) is 0 Å². The highest BCUT2D eigenvalue weighted by atomic mass is 32.1. The van der Waals surface area contributed by atoms with Crippen LogP contribution in [-0.4, -0.2) is 10.0 Å². The first-order valence-corrected chi connectivity index (χ1v) is 6.36. The fourth-order valence-corrected chi connectivity index (χ4v) is 1.85. The lowest BCUT2D eigenvalue weighted by Crippen LogP contribution is -2.21. The first-order valence-electron chi connectivity index (χ1n) is 5.95. The molecule has 23 heavy (non-hydrogen) atoms. The van der Waals surface area contributed by atoms with Crippen LogP contribution in [0.5, 0.6) is 0 Å². The van der Waals surface area contributed by atoms with E-state index in [2.05, 4.69) is 5.32 Å². The second-order valence-electron chi connectivity index (χ2n) is 4.23. The lowest BCUT2D eigenvalue weighted by atomic mass is 10.2. The zero-order chi connectivity index (χ0) is 17.1. The van der Waals surface area contributed by atoms with E-state index in [9.17, 15) is 27.7 Å². The first-order chi connectivity index (χ1) is 10.8. The molecule has 2 aromatic rings. The summed E-state index contributed by atoms with van der Waals surface area (Å²) in [6, 6.07) is 5.01. The molecular weight excluding hydrogens is 338 g/mol. The van der Waals surface area contributed by atoms with Crippen LogP contribution < -0.4 is 10.6 Å². The molecule has 0 saturated heterocycles. The molecule has 0 saturated carbocycles. The number of non-ortho nitro benzene ring substituents is 1. The van der Waals surface area contributed by atoms with Crippen molar-refractivity contribution in [2.75, 3.05) is 10.6 Å². The van der Waals surface area contributed by atoms with Crippen LogP contribution in [0.25, 0.3) is 0 Å². The zero-order valence-electron chi connectivity index (χ0n) is 11.1. The Balaban J connectivity index is 2.15. The van der Waals surface area contributed by atoms with Gasteiger partial charge in [0.2, 0.25) is 0 Å². The number of thiocarbonyl (C=S) groups is 1. The minimum atomic E-state index is -1.63. The molecule has 10 heteroatoms.